The van der Waals surface area contributed by atoms with E-state index in [2.05, 4.69) is 30.5 Å². The van der Waals surface area contributed by atoms with Gasteiger partial charge >= 0.3 is 0 Å². The van der Waals surface area contributed by atoms with E-state index in [1.807, 2.05) is 18.2 Å². The summed E-state index contributed by atoms with van der Waals surface area (Å²) in [5, 5.41) is 0. The molecule has 2 aromatic carbocycles. The van der Waals surface area contributed by atoms with Gasteiger partial charge in [0.1, 0.15) is 5.82 Å². The standard InChI is InChI=1S/C15H13FS/c1-17-15-9-7-12(8-10-15)5-6-13-3-2-4-14(16)11-13/h2-11H,1H3. The van der Waals surface area contributed by atoms with Crippen LogP contribution in [-0.4, -0.2) is 6.26 Å². The van der Waals surface area contributed by atoms with Crippen molar-refractivity contribution in [2.45, 2.75) is 4.90 Å². The summed E-state index contributed by atoms with van der Waals surface area (Å²) in [6.07, 6.45) is 5.95. The van der Waals surface area contributed by atoms with E-state index >= 15 is 0 Å². The zero-order valence-corrected chi connectivity index (χ0v) is 10.4. The first-order chi connectivity index (χ1) is 8.28. The Hall–Kier alpha value is -1.54. The van der Waals surface area contributed by atoms with Crippen molar-refractivity contribution >= 4 is 23.9 Å². The summed E-state index contributed by atoms with van der Waals surface area (Å²) in [6, 6.07) is 14.8. The molecule has 0 aliphatic carbocycles. The average molecular weight is 244 g/mol. The second kappa shape index (κ2) is 5.69. The normalized spacial score (nSPS) is 10.9. The molecule has 0 heterocycles. The summed E-state index contributed by atoms with van der Waals surface area (Å²) in [4.78, 5) is 1.24. The minimum atomic E-state index is -0.204. The van der Waals surface area contributed by atoms with Crippen LogP contribution in [0.4, 0.5) is 4.39 Å². The highest BCUT2D eigenvalue weighted by atomic mass is 32.2. The molecular formula is C15H13FS. The third-order valence-corrected chi connectivity index (χ3v) is 3.18. The van der Waals surface area contributed by atoms with Gasteiger partial charge in [0.2, 0.25) is 0 Å². The van der Waals surface area contributed by atoms with Gasteiger partial charge in [-0.15, -0.1) is 11.8 Å². The molecule has 0 amide bonds. The molecule has 0 saturated carbocycles. The SMILES string of the molecule is CSc1ccc(C=Cc2cccc(F)c2)cc1. The molecule has 0 saturated heterocycles. The van der Waals surface area contributed by atoms with Gasteiger partial charge in [-0.1, -0.05) is 36.4 Å². The number of thioether (sulfide) groups is 1. The van der Waals surface area contributed by atoms with Crippen molar-refractivity contribution in [3.05, 3.63) is 65.5 Å². The monoisotopic (exact) mass is 244 g/mol. The van der Waals surface area contributed by atoms with Gasteiger partial charge in [0.05, 0.1) is 0 Å². The molecule has 0 bridgehead atoms. The molecular weight excluding hydrogens is 231 g/mol. The van der Waals surface area contributed by atoms with E-state index in [1.54, 1.807) is 17.8 Å². The Bertz CT molecular complexity index is 515. The molecule has 86 valence electrons. The van der Waals surface area contributed by atoms with Crippen LogP contribution in [0.15, 0.2) is 53.4 Å². The molecule has 0 unspecified atom stereocenters. The molecule has 17 heavy (non-hydrogen) atoms. The van der Waals surface area contributed by atoms with Crippen LogP contribution in [0, 0.1) is 5.82 Å². The molecule has 0 atom stereocenters. The number of benzene rings is 2. The van der Waals surface area contributed by atoms with Crippen molar-refractivity contribution in [2.24, 2.45) is 0 Å². The van der Waals surface area contributed by atoms with Crippen LogP contribution in [0.5, 0.6) is 0 Å². The highest BCUT2D eigenvalue weighted by Crippen LogP contribution is 2.16. The van der Waals surface area contributed by atoms with Crippen LogP contribution in [0.1, 0.15) is 11.1 Å². The molecule has 0 aliphatic heterocycles. The number of hydrogen-bond acceptors (Lipinski definition) is 1. The first-order valence-electron chi connectivity index (χ1n) is 5.35. The molecule has 0 spiro atoms. The number of hydrogen-bond donors (Lipinski definition) is 0. The van der Waals surface area contributed by atoms with Gasteiger partial charge in [-0.3, -0.25) is 0 Å². The van der Waals surface area contributed by atoms with Gasteiger partial charge in [0, 0.05) is 4.90 Å². The highest BCUT2D eigenvalue weighted by molar-refractivity contribution is 7.98. The van der Waals surface area contributed by atoms with Crippen molar-refractivity contribution < 1.29 is 4.39 Å². The smallest absolute Gasteiger partial charge is 0.123 e. The summed E-state index contributed by atoms with van der Waals surface area (Å²) in [7, 11) is 0. The van der Waals surface area contributed by atoms with Crippen molar-refractivity contribution in [3.8, 4) is 0 Å². The van der Waals surface area contributed by atoms with Crippen LogP contribution in [0.2, 0.25) is 0 Å². The van der Waals surface area contributed by atoms with Crippen LogP contribution >= 0.6 is 11.8 Å². The molecule has 0 N–H and O–H groups in total. The van der Waals surface area contributed by atoms with Gasteiger partial charge in [0.15, 0.2) is 0 Å². The minimum Gasteiger partial charge on any atom is -0.207 e. The fourth-order valence-corrected chi connectivity index (χ4v) is 1.93. The Kier molecular flexibility index (Phi) is 3.99. The van der Waals surface area contributed by atoms with E-state index in [-0.39, 0.29) is 5.82 Å². The molecule has 2 rings (SSSR count). The Balaban J connectivity index is 2.14. The fourth-order valence-electron chi connectivity index (χ4n) is 1.52. The molecule has 0 fully saturated rings. The van der Waals surface area contributed by atoms with Gasteiger partial charge in [0.25, 0.3) is 0 Å². The van der Waals surface area contributed by atoms with E-state index in [0.29, 0.717) is 0 Å². The van der Waals surface area contributed by atoms with E-state index in [1.165, 1.54) is 17.0 Å². The summed E-state index contributed by atoms with van der Waals surface area (Å²) >= 11 is 1.72. The maximum Gasteiger partial charge on any atom is 0.123 e. The summed E-state index contributed by atoms with van der Waals surface area (Å²) in [5.41, 5.74) is 1.99. The molecule has 0 aromatic heterocycles. The molecule has 2 heteroatoms. The lowest BCUT2D eigenvalue weighted by atomic mass is 10.1. The van der Waals surface area contributed by atoms with E-state index in [0.717, 1.165) is 11.1 Å². The van der Waals surface area contributed by atoms with Gasteiger partial charge < -0.3 is 0 Å². The molecule has 0 radical (unpaired) electrons. The highest BCUT2D eigenvalue weighted by Gasteiger charge is 1.92. The predicted molar refractivity (Wildman–Crippen MR) is 73.6 cm³/mol. The van der Waals surface area contributed by atoms with Crippen molar-refractivity contribution in [2.75, 3.05) is 6.26 Å². The summed E-state index contributed by atoms with van der Waals surface area (Å²) in [5.74, 6) is -0.204. The quantitative estimate of drug-likeness (QED) is 0.556. The third kappa shape index (κ3) is 3.46. The Labute approximate surface area is 105 Å². The first kappa shape index (κ1) is 11.9. The van der Waals surface area contributed by atoms with Gasteiger partial charge in [-0.2, -0.15) is 0 Å². The van der Waals surface area contributed by atoms with Gasteiger partial charge in [-0.05, 0) is 41.6 Å². The average Bonchev–Trinajstić information content (AvgIpc) is 2.37. The summed E-state index contributed by atoms with van der Waals surface area (Å²) in [6.45, 7) is 0. The number of rotatable bonds is 3. The maximum atomic E-state index is 13.0. The van der Waals surface area contributed by atoms with E-state index in [9.17, 15) is 4.39 Å². The Morgan fingerprint density at radius 2 is 1.65 bits per heavy atom. The third-order valence-electron chi connectivity index (χ3n) is 2.43. The topological polar surface area (TPSA) is 0 Å². The van der Waals surface area contributed by atoms with Crippen LogP contribution in [-0.2, 0) is 0 Å². The number of halogens is 1. The largest absolute Gasteiger partial charge is 0.207 e. The van der Waals surface area contributed by atoms with Crippen LogP contribution in [0.3, 0.4) is 0 Å². The molecule has 0 nitrogen and oxygen atoms in total. The van der Waals surface area contributed by atoms with Crippen molar-refractivity contribution in [1.29, 1.82) is 0 Å². The van der Waals surface area contributed by atoms with Crippen LogP contribution in [0.25, 0.3) is 12.2 Å². The minimum absolute atomic E-state index is 0.204. The van der Waals surface area contributed by atoms with Crippen molar-refractivity contribution in [3.63, 3.8) is 0 Å². The second-order valence-electron chi connectivity index (χ2n) is 3.66. The van der Waals surface area contributed by atoms with Crippen molar-refractivity contribution in [1.82, 2.24) is 0 Å². The first-order valence-corrected chi connectivity index (χ1v) is 6.58. The van der Waals surface area contributed by atoms with E-state index in [4.69, 9.17) is 0 Å². The zero-order valence-electron chi connectivity index (χ0n) is 9.56. The zero-order chi connectivity index (χ0) is 12.1. The maximum absolute atomic E-state index is 13.0. The Morgan fingerprint density at radius 3 is 2.29 bits per heavy atom. The predicted octanol–water partition coefficient (Wildman–Crippen LogP) is 4.72. The lowest BCUT2D eigenvalue weighted by Gasteiger charge is -1.97. The van der Waals surface area contributed by atoms with Gasteiger partial charge in [-0.25, -0.2) is 4.39 Å². The second-order valence-corrected chi connectivity index (χ2v) is 4.54. The lowest BCUT2D eigenvalue weighted by molar-refractivity contribution is 0.627. The van der Waals surface area contributed by atoms with E-state index < -0.39 is 0 Å². The molecule has 2 aromatic rings. The fraction of sp³-hybridized carbons (Fsp3) is 0.0667. The lowest BCUT2D eigenvalue weighted by Crippen LogP contribution is -1.76. The molecule has 0 aliphatic rings. The van der Waals surface area contributed by atoms with Crippen LogP contribution < -0.4 is 0 Å². The Morgan fingerprint density at radius 1 is 0.941 bits per heavy atom. The summed E-state index contributed by atoms with van der Waals surface area (Å²) < 4.78 is 13.0.